The highest BCUT2D eigenvalue weighted by Crippen LogP contribution is 2.18. The van der Waals surface area contributed by atoms with E-state index in [9.17, 15) is 9.59 Å². The smallest absolute Gasteiger partial charge is 0.249 e. The molecule has 0 saturated carbocycles. The zero-order valence-corrected chi connectivity index (χ0v) is 9.23. The van der Waals surface area contributed by atoms with Crippen LogP contribution in [0, 0.1) is 0 Å². The van der Waals surface area contributed by atoms with Crippen molar-refractivity contribution in [2.75, 3.05) is 11.4 Å². The lowest BCUT2D eigenvalue weighted by Crippen LogP contribution is -2.57. The van der Waals surface area contributed by atoms with Crippen molar-refractivity contribution in [3.05, 3.63) is 17.5 Å². The third-order valence-electron chi connectivity index (χ3n) is 2.34. The monoisotopic (exact) mass is 240 g/mol. The van der Waals surface area contributed by atoms with E-state index in [0.29, 0.717) is 5.82 Å². The maximum atomic E-state index is 11.4. The number of imide groups is 1. The topological polar surface area (TPSA) is 75.2 Å². The number of anilines is 1. The molecule has 1 aliphatic rings. The Morgan fingerprint density at radius 1 is 1.50 bits per heavy atom. The van der Waals surface area contributed by atoms with Crippen LogP contribution in [0.25, 0.3) is 0 Å². The number of nitrogens with zero attached hydrogens (tertiary/aromatic N) is 3. The fourth-order valence-electron chi connectivity index (χ4n) is 1.48. The molecule has 1 aromatic heterocycles. The molecule has 0 spiro atoms. The van der Waals surface area contributed by atoms with Crippen molar-refractivity contribution in [2.24, 2.45) is 0 Å². The molecule has 1 N–H and O–H groups in total. The van der Waals surface area contributed by atoms with Crippen molar-refractivity contribution in [3.63, 3.8) is 0 Å². The molecule has 1 aromatic rings. The summed E-state index contributed by atoms with van der Waals surface area (Å²) in [5.74, 6) is -0.223. The summed E-state index contributed by atoms with van der Waals surface area (Å²) in [6.07, 6.45) is 1.29. The van der Waals surface area contributed by atoms with Crippen molar-refractivity contribution in [1.29, 1.82) is 0 Å². The molecule has 2 heterocycles. The van der Waals surface area contributed by atoms with E-state index in [4.69, 9.17) is 11.6 Å². The van der Waals surface area contributed by atoms with Gasteiger partial charge >= 0.3 is 0 Å². The highest BCUT2D eigenvalue weighted by Gasteiger charge is 2.31. The van der Waals surface area contributed by atoms with Gasteiger partial charge in [0, 0.05) is 6.07 Å². The number of aromatic nitrogens is 2. The lowest BCUT2D eigenvalue weighted by Gasteiger charge is -2.32. The molecule has 0 radical (unpaired) electrons. The quantitative estimate of drug-likeness (QED) is 0.552. The molecule has 1 saturated heterocycles. The van der Waals surface area contributed by atoms with Crippen LogP contribution in [-0.4, -0.2) is 34.4 Å². The fourth-order valence-corrected chi connectivity index (χ4v) is 1.62. The van der Waals surface area contributed by atoms with Gasteiger partial charge in [0.1, 0.15) is 23.3 Å². The molecule has 1 atom stereocenters. The number of nitrogens with one attached hydrogen (secondary N) is 1. The molecule has 1 aliphatic heterocycles. The van der Waals surface area contributed by atoms with Crippen molar-refractivity contribution in [2.45, 2.75) is 13.0 Å². The van der Waals surface area contributed by atoms with Crippen molar-refractivity contribution in [3.8, 4) is 0 Å². The zero-order valence-electron chi connectivity index (χ0n) is 8.48. The highest BCUT2D eigenvalue weighted by molar-refractivity contribution is 6.29. The van der Waals surface area contributed by atoms with Gasteiger partial charge in [0.25, 0.3) is 0 Å². The van der Waals surface area contributed by atoms with Crippen LogP contribution >= 0.6 is 11.6 Å². The maximum Gasteiger partial charge on any atom is 0.249 e. The molecule has 1 unspecified atom stereocenters. The van der Waals surface area contributed by atoms with E-state index in [-0.39, 0.29) is 23.5 Å². The number of hydrogen-bond donors (Lipinski definition) is 1. The Bertz CT molecular complexity index is 451. The Morgan fingerprint density at radius 3 is 2.94 bits per heavy atom. The number of amides is 2. The van der Waals surface area contributed by atoms with E-state index in [0.717, 1.165) is 0 Å². The first-order chi connectivity index (χ1) is 7.58. The molecular weight excluding hydrogens is 232 g/mol. The number of halogens is 1. The van der Waals surface area contributed by atoms with Gasteiger partial charge < -0.3 is 4.90 Å². The summed E-state index contributed by atoms with van der Waals surface area (Å²) in [5.41, 5.74) is 0. The maximum absolute atomic E-state index is 11.4. The van der Waals surface area contributed by atoms with Gasteiger partial charge in [-0.3, -0.25) is 14.9 Å². The predicted octanol–water partition coefficient (Wildman–Crippen LogP) is -0.0187. The molecule has 0 aromatic carbocycles. The van der Waals surface area contributed by atoms with Gasteiger partial charge in [0.15, 0.2) is 0 Å². The minimum atomic E-state index is -0.455. The fraction of sp³-hybridized carbons (Fsp3) is 0.333. The standard InChI is InChI=1S/C9H9ClN4O2/c1-5-9(16)13-8(15)3-14(5)7-2-6(10)11-4-12-7/h2,4-5H,3H2,1H3,(H,13,15,16). The van der Waals surface area contributed by atoms with Crippen LogP contribution in [0.3, 0.4) is 0 Å². The van der Waals surface area contributed by atoms with Crippen LogP contribution in [0.1, 0.15) is 6.92 Å². The van der Waals surface area contributed by atoms with E-state index in [1.807, 2.05) is 0 Å². The van der Waals surface area contributed by atoms with Gasteiger partial charge in [-0.2, -0.15) is 0 Å². The second-order valence-corrected chi connectivity index (χ2v) is 3.80. The van der Waals surface area contributed by atoms with E-state index in [1.165, 1.54) is 12.4 Å². The summed E-state index contributed by atoms with van der Waals surface area (Å²) in [6, 6.07) is 1.06. The molecule has 6 nitrogen and oxygen atoms in total. The van der Waals surface area contributed by atoms with Gasteiger partial charge in [-0.1, -0.05) is 11.6 Å². The van der Waals surface area contributed by atoms with Crippen molar-refractivity contribution < 1.29 is 9.59 Å². The Labute approximate surface area is 96.6 Å². The third kappa shape index (κ3) is 1.96. The van der Waals surface area contributed by atoms with Crippen LogP contribution in [0.4, 0.5) is 5.82 Å². The molecular formula is C9H9ClN4O2. The van der Waals surface area contributed by atoms with Gasteiger partial charge in [0.2, 0.25) is 11.8 Å². The number of rotatable bonds is 1. The summed E-state index contributed by atoms with van der Waals surface area (Å²) in [6.45, 7) is 1.78. The number of carbonyl (C=O) groups is 2. The normalized spacial score (nSPS) is 20.9. The predicted molar refractivity (Wildman–Crippen MR) is 57.0 cm³/mol. The van der Waals surface area contributed by atoms with Crippen LogP contribution in [0.15, 0.2) is 12.4 Å². The van der Waals surface area contributed by atoms with Crippen LogP contribution in [-0.2, 0) is 9.59 Å². The summed E-state index contributed by atoms with van der Waals surface area (Å²) in [5, 5.41) is 2.52. The van der Waals surface area contributed by atoms with Crippen LogP contribution < -0.4 is 10.2 Å². The summed E-state index contributed by atoms with van der Waals surface area (Å²) >= 11 is 5.72. The number of carbonyl (C=O) groups excluding carboxylic acids is 2. The number of piperazine rings is 1. The molecule has 2 rings (SSSR count). The minimum absolute atomic E-state index is 0.0836. The van der Waals surface area contributed by atoms with Crippen molar-refractivity contribution >= 4 is 29.2 Å². The van der Waals surface area contributed by atoms with Gasteiger partial charge in [-0.15, -0.1) is 0 Å². The highest BCUT2D eigenvalue weighted by atomic mass is 35.5. The molecule has 0 aliphatic carbocycles. The average Bonchev–Trinajstić information content (AvgIpc) is 2.23. The third-order valence-corrected chi connectivity index (χ3v) is 2.54. The van der Waals surface area contributed by atoms with E-state index >= 15 is 0 Å². The van der Waals surface area contributed by atoms with E-state index < -0.39 is 6.04 Å². The second-order valence-electron chi connectivity index (χ2n) is 3.42. The first-order valence-corrected chi connectivity index (χ1v) is 5.03. The molecule has 2 amide bonds. The molecule has 1 fully saturated rings. The summed E-state index contributed by atoms with van der Waals surface area (Å²) in [7, 11) is 0. The zero-order chi connectivity index (χ0) is 11.7. The molecule has 16 heavy (non-hydrogen) atoms. The Kier molecular flexibility index (Phi) is 2.74. The van der Waals surface area contributed by atoms with E-state index in [1.54, 1.807) is 11.8 Å². The Hall–Kier alpha value is -1.69. The SMILES string of the molecule is CC1C(=O)NC(=O)CN1c1cc(Cl)ncn1. The summed E-state index contributed by atoms with van der Waals surface area (Å²) in [4.78, 5) is 32.0. The van der Waals surface area contributed by atoms with Crippen LogP contribution in [0.2, 0.25) is 5.15 Å². The molecule has 7 heteroatoms. The first-order valence-electron chi connectivity index (χ1n) is 4.66. The van der Waals surface area contributed by atoms with Crippen LogP contribution in [0.5, 0.6) is 0 Å². The lowest BCUT2D eigenvalue weighted by molar-refractivity contribution is -0.132. The average molecular weight is 241 g/mol. The Morgan fingerprint density at radius 2 is 2.25 bits per heavy atom. The lowest BCUT2D eigenvalue weighted by atomic mass is 10.2. The molecule has 0 bridgehead atoms. The largest absolute Gasteiger partial charge is 0.335 e. The van der Waals surface area contributed by atoms with Gasteiger partial charge in [-0.25, -0.2) is 9.97 Å². The minimum Gasteiger partial charge on any atom is -0.335 e. The van der Waals surface area contributed by atoms with Gasteiger partial charge in [0.05, 0.1) is 6.54 Å². The molecule has 84 valence electrons. The second kappa shape index (κ2) is 4.05. The van der Waals surface area contributed by atoms with Gasteiger partial charge in [-0.05, 0) is 6.92 Å². The van der Waals surface area contributed by atoms with E-state index in [2.05, 4.69) is 15.3 Å². The summed E-state index contributed by atoms with van der Waals surface area (Å²) < 4.78 is 0. The van der Waals surface area contributed by atoms with Crippen molar-refractivity contribution in [1.82, 2.24) is 15.3 Å². The first kappa shape index (κ1) is 10.8. The number of hydrogen-bond acceptors (Lipinski definition) is 5. The Balaban J connectivity index is 2.32.